The number of esters is 1. The number of hydrogen-bond acceptors (Lipinski definition) is 5. The summed E-state index contributed by atoms with van der Waals surface area (Å²) in [6, 6.07) is 6.92. The molecular weight excluding hydrogens is 326 g/mol. The van der Waals surface area contributed by atoms with Gasteiger partial charge in [-0.2, -0.15) is 0 Å². The number of amides is 3. The Morgan fingerprint density at radius 3 is 2.60 bits per heavy atom. The summed E-state index contributed by atoms with van der Waals surface area (Å²) in [4.78, 5) is 48.6. The molecule has 1 aliphatic heterocycles. The predicted octanol–water partition coefficient (Wildman–Crippen LogP) is 0.820. The first kappa shape index (κ1) is 18.4. The summed E-state index contributed by atoms with van der Waals surface area (Å²) in [5.41, 5.74) is -0.0443. The van der Waals surface area contributed by atoms with Gasteiger partial charge in [0.05, 0.1) is 17.8 Å². The van der Waals surface area contributed by atoms with E-state index in [2.05, 4.69) is 10.6 Å². The minimum atomic E-state index is -1.12. The summed E-state index contributed by atoms with van der Waals surface area (Å²) in [6.07, 6.45) is -0.0344. The Labute approximate surface area is 145 Å². The van der Waals surface area contributed by atoms with Gasteiger partial charge in [-0.15, -0.1) is 0 Å². The molecule has 1 aromatic carbocycles. The molecule has 134 valence electrons. The van der Waals surface area contributed by atoms with Crippen molar-refractivity contribution in [2.75, 3.05) is 23.4 Å². The Balaban J connectivity index is 2.06. The number of benzene rings is 1. The zero-order valence-corrected chi connectivity index (χ0v) is 14.4. The Kier molecular flexibility index (Phi) is 5.41. The Morgan fingerprint density at radius 2 is 1.92 bits per heavy atom. The smallest absolute Gasteiger partial charge is 0.308 e. The standard InChI is InChI=1S/C17H21N3O5/c1-11(21)18-9-8-15(23)25-10-14(22)20-13-7-5-4-6-12(13)19-16(24)17(20,2)3/h4-7H,8-10H2,1-3H3,(H,18,21)(H,19,24). The van der Waals surface area contributed by atoms with E-state index in [1.165, 1.54) is 11.8 Å². The second kappa shape index (κ2) is 7.33. The summed E-state index contributed by atoms with van der Waals surface area (Å²) >= 11 is 0. The molecule has 0 saturated heterocycles. The van der Waals surface area contributed by atoms with E-state index in [0.717, 1.165) is 0 Å². The van der Waals surface area contributed by atoms with Crippen LogP contribution in [-0.4, -0.2) is 42.4 Å². The average molecular weight is 347 g/mol. The highest BCUT2D eigenvalue weighted by Gasteiger charge is 2.43. The predicted molar refractivity (Wildman–Crippen MR) is 90.9 cm³/mol. The molecule has 0 aliphatic carbocycles. The summed E-state index contributed by atoms with van der Waals surface area (Å²) in [5.74, 6) is -1.67. The third kappa shape index (κ3) is 4.14. The molecule has 2 N–H and O–H groups in total. The second-order valence-electron chi connectivity index (χ2n) is 6.15. The van der Waals surface area contributed by atoms with Crippen molar-refractivity contribution in [2.24, 2.45) is 0 Å². The van der Waals surface area contributed by atoms with E-state index in [1.807, 2.05) is 0 Å². The highest BCUT2D eigenvalue weighted by atomic mass is 16.5. The van der Waals surface area contributed by atoms with Gasteiger partial charge in [0.1, 0.15) is 5.54 Å². The monoisotopic (exact) mass is 347 g/mol. The SMILES string of the molecule is CC(=O)NCCC(=O)OCC(=O)N1c2ccccc2NC(=O)C1(C)C. The van der Waals surface area contributed by atoms with Crippen LogP contribution in [0.5, 0.6) is 0 Å². The number of nitrogens with zero attached hydrogens (tertiary/aromatic N) is 1. The van der Waals surface area contributed by atoms with Gasteiger partial charge in [0.15, 0.2) is 6.61 Å². The molecule has 1 heterocycles. The molecule has 25 heavy (non-hydrogen) atoms. The third-order valence-corrected chi connectivity index (χ3v) is 3.82. The summed E-state index contributed by atoms with van der Waals surface area (Å²) in [6.45, 7) is 4.24. The first-order valence-electron chi connectivity index (χ1n) is 7.87. The lowest BCUT2D eigenvalue weighted by molar-refractivity contribution is -0.148. The minimum absolute atomic E-state index is 0.0344. The molecule has 0 saturated carbocycles. The van der Waals surface area contributed by atoms with Crippen LogP contribution in [0.3, 0.4) is 0 Å². The maximum Gasteiger partial charge on any atom is 0.308 e. The third-order valence-electron chi connectivity index (χ3n) is 3.82. The highest BCUT2D eigenvalue weighted by Crippen LogP contribution is 2.36. The maximum absolute atomic E-state index is 12.6. The van der Waals surface area contributed by atoms with Crippen molar-refractivity contribution >= 4 is 35.1 Å². The fraction of sp³-hybridized carbons (Fsp3) is 0.412. The van der Waals surface area contributed by atoms with Crippen molar-refractivity contribution in [3.63, 3.8) is 0 Å². The van der Waals surface area contributed by atoms with Gasteiger partial charge in [-0.3, -0.25) is 24.1 Å². The Bertz CT molecular complexity index is 714. The van der Waals surface area contributed by atoms with Crippen molar-refractivity contribution in [1.29, 1.82) is 0 Å². The van der Waals surface area contributed by atoms with Gasteiger partial charge in [-0.25, -0.2) is 0 Å². The first-order valence-corrected chi connectivity index (χ1v) is 7.87. The number of carbonyl (C=O) groups excluding carboxylic acids is 4. The number of hydrogen-bond donors (Lipinski definition) is 2. The van der Waals surface area contributed by atoms with Crippen LogP contribution in [0.25, 0.3) is 0 Å². The van der Waals surface area contributed by atoms with E-state index < -0.39 is 24.0 Å². The molecule has 0 spiro atoms. The van der Waals surface area contributed by atoms with Crippen LogP contribution < -0.4 is 15.5 Å². The van der Waals surface area contributed by atoms with Gasteiger partial charge in [0, 0.05) is 13.5 Å². The number of ether oxygens (including phenoxy) is 1. The number of carbonyl (C=O) groups is 4. The van der Waals surface area contributed by atoms with Crippen LogP contribution in [0.1, 0.15) is 27.2 Å². The lowest BCUT2D eigenvalue weighted by atomic mass is 9.96. The number of rotatable bonds is 5. The first-order chi connectivity index (χ1) is 11.7. The lowest BCUT2D eigenvalue weighted by Crippen LogP contribution is -2.59. The molecule has 0 unspecified atom stereocenters. The molecule has 3 amide bonds. The van der Waals surface area contributed by atoms with E-state index in [-0.39, 0.29) is 24.8 Å². The fourth-order valence-electron chi connectivity index (χ4n) is 2.52. The summed E-state index contributed by atoms with van der Waals surface area (Å²) in [7, 11) is 0. The molecule has 0 atom stereocenters. The second-order valence-corrected chi connectivity index (χ2v) is 6.15. The van der Waals surface area contributed by atoms with Gasteiger partial charge >= 0.3 is 5.97 Å². The van der Waals surface area contributed by atoms with Crippen LogP contribution in [-0.2, 0) is 23.9 Å². The molecule has 8 nitrogen and oxygen atoms in total. The van der Waals surface area contributed by atoms with E-state index in [0.29, 0.717) is 11.4 Å². The lowest BCUT2D eigenvalue weighted by Gasteiger charge is -2.41. The van der Waals surface area contributed by atoms with Crippen LogP contribution in [0.15, 0.2) is 24.3 Å². The number of para-hydroxylation sites is 2. The molecule has 0 aromatic heterocycles. The van der Waals surface area contributed by atoms with Crippen molar-refractivity contribution in [3.8, 4) is 0 Å². The zero-order valence-electron chi connectivity index (χ0n) is 14.4. The van der Waals surface area contributed by atoms with Gasteiger partial charge in [0.25, 0.3) is 5.91 Å². The van der Waals surface area contributed by atoms with Gasteiger partial charge < -0.3 is 15.4 Å². The van der Waals surface area contributed by atoms with E-state index >= 15 is 0 Å². The molecule has 1 aromatic rings. The Morgan fingerprint density at radius 1 is 1.24 bits per heavy atom. The maximum atomic E-state index is 12.6. The van der Waals surface area contributed by atoms with Crippen molar-refractivity contribution < 1.29 is 23.9 Å². The fourth-order valence-corrected chi connectivity index (χ4v) is 2.52. The normalized spacial score (nSPS) is 15.0. The molecule has 0 bridgehead atoms. The van der Waals surface area contributed by atoms with E-state index in [9.17, 15) is 19.2 Å². The summed E-state index contributed by atoms with van der Waals surface area (Å²) < 4.78 is 4.97. The zero-order chi connectivity index (χ0) is 18.6. The van der Waals surface area contributed by atoms with Crippen molar-refractivity contribution in [2.45, 2.75) is 32.7 Å². The highest BCUT2D eigenvalue weighted by molar-refractivity contribution is 6.14. The van der Waals surface area contributed by atoms with Gasteiger partial charge in [-0.05, 0) is 26.0 Å². The van der Waals surface area contributed by atoms with Crippen LogP contribution in [0.4, 0.5) is 11.4 Å². The molecule has 0 radical (unpaired) electrons. The Hall–Kier alpha value is -2.90. The van der Waals surface area contributed by atoms with Gasteiger partial charge in [-0.1, -0.05) is 12.1 Å². The van der Waals surface area contributed by atoms with Crippen molar-refractivity contribution in [3.05, 3.63) is 24.3 Å². The molecular formula is C17H21N3O5. The van der Waals surface area contributed by atoms with Crippen LogP contribution in [0, 0.1) is 0 Å². The van der Waals surface area contributed by atoms with E-state index in [4.69, 9.17) is 4.74 Å². The van der Waals surface area contributed by atoms with E-state index in [1.54, 1.807) is 38.1 Å². The quantitative estimate of drug-likeness (QED) is 0.767. The molecule has 8 heteroatoms. The average Bonchev–Trinajstić information content (AvgIpc) is 2.53. The molecule has 2 rings (SSSR count). The molecule has 1 aliphatic rings. The van der Waals surface area contributed by atoms with Gasteiger partial charge in [0.2, 0.25) is 11.8 Å². The molecule has 0 fully saturated rings. The summed E-state index contributed by atoms with van der Waals surface area (Å²) in [5, 5.41) is 5.23. The minimum Gasteiger partial charge on any atom is -0.455 e. The number of anilines is 2. The largest absolute Gasteiger partial charge is 0.455 e. The number of fused-ring (bicyclic) bond motifs is 1. The van der Waals surface area contributed by atoms with Crippen LogP contribution >= 0.6 is 0 Å². The topological polar surface area (TPSA) is 105 Å². The van der Waals surface area contributed by atoms with Crippen LogP contribution in [0.2, 0.25) is 0 Å². The number of nitrogens with one attached hydrogen (secondary N) is 2. The van der Waals surface area contributed by atoms with Crippen molar-refractivity contribution in [1.82, 2.24) is 5.32 Å².